The van der Waals surface area contributed by atoms with Crippen LogP contribution >= 0.6 is 0 Å². The highest BCUT2D eigenvalue weighted by Crippen LogP contribution is 2.32. The van der Waals surface area contributed by atoms with Crippen LogP contribution in [-0.2, 0) is 9.47 Å². The number of nitrogens with zero attached hydrogens (tertiary/aromatic N) is 1. The first-order valence-corrected chi connectivity index (χ1v) is 6.68. The van der Waals surface area contributed by atoms with E-state index in [0.717, 1.165) is 32.2 Å². The standard InChI is InChI=1S/C13H28N2O2/c1-11(10-17-3)15(7-8-16-2)13(9-14)12-5-4-6-12/h11-13H,4-10,14H2,1-3H3. The Hall–Kier alpha value is -0.160. The summed E-state index contributed by atoms with van der Waals surface area (Å²) in [5.41, 5.74) is 5.97. The Morgan fingerprint density at radius 1 is 1.29 bits per heavy atom. The molecule has 1 rings (SSSR count). The summed E-state index contributed by atoms with van der Waals surface area (Å²) in [6, 6.07) is 0.897. The van der Waals surface area contributed by atoms with E-state index in [0.29, 0.717) is 12.1 Å². The van der Waals surface area contributed by atoms with E-state index in [1.165, 1.54) is 19.3 Å². The number of rotatable bonds is 9. The molecule has 17 heavy (non-hydrogen) atoms. The number of hydrogen-bond acceptors (Lipinski definition) is 4. The maximum Gasteiger partial charge on any atom is 0.0615 e. The van der Waals surface area contributed by atoms with Crippen LogP contribution in [0.15, 0.2) is 0 Å². The Bertz CT molecular complexity index is 198. The van der Waals surface area contributed by atoms with E-state index in [2.05, 4.69) is 11.8 Å². The fraction of sp³-hybridized carbons (Fsp3) is 1.00. The Morgan fingerprint density at radius 2 is 2.00 bits per heavy atom. The third kappa shape index (κ3) is 4.21. The molecule has 1 saturated carbocycles. The summed E-state index contributed by atoms with van der Waals surface area (Å²) in [5, 5.41) is 0. The van der Waals surface area contributed by atoms with Crippen molar-refractivity contribution in [2.45, 2.75) is 38.3 Å². The largest absolute Gasteiger partial charge is 0.383 e. The van der Waals surface area contributed by atoms with Crippen LogP contribution in [0.5, 0.6) is 0 Å². The first kappa shape index (κ1) is 14.9. The highest BCUT2D eigenvalue weighted by molar-refractivity contribution is 4.87. The van der Waals surface area contributed by atoms with Crippen molar-refractivity contribution in [2.75, 3.05) is 40.5 Å². The molecule has 0 radical (unpaired) electrons. The van der Waals surface area contributed by atoms with E-state index in [1.807, 2.05) is 0 Å². The molecule has 0 amide bonds. The molecule has 0 heterocycles. The third-order valence-electron chi connectivity index (χ3n) is 3.89. The average Bonchev–Trinajstić information content (AvgIpc) is 2.25. The third-order valence-corrected chi connectivity index (χ3v) is 3.89. The van der Waals surface area contributed by atoms with Crippen molar-refractivity contribution in [1.82, 2.24) is 4.90 Å². The Kier molecular flexibility index (Phi) is 7.04. The maximum absolute atomic E-state index is 5.97. The summed E-state index contributed by atoms with van der Waals surface area (Å²) in [5.74, 6) is 0.774. The van der Waals surface area contributed by atoms with Crippen molar-refractivity contribution < 1.29 is 9.47 Å². The molecule has 102 valence electrons. The first-order valence-electron chi connectivity index (χ1n) is 6.68. The van der Waals surface area contributed by atoms with Crippen LogP contribution in [0, 0.1) is 5.92 Å². The van der Waals surface area contributed by atoms with Gasteiger partial charge >= 0.3 is 0 Å². The van der Waals surface area contributed by atoms with Gasteiger partial charge < -0.3 is 15.2 Å². The van der Waals surface area contributed by atoms with Crippen LogP contribution in [-0.4, -0.2) is 57.5 Å². The Morgan fingerprint density at radius 3 is 2.41 bits per heavy atom. The van der Waals surface area contributed by atoms with Crippen LogP contribution < -0.4 is 5.73 Å². The van der Waals surface area contributed by atoms with Crippen LogP contribution in [0.1, 0.15) is 26.2 Å². The summed E-state index contributed by atoms with van der Waals surface area (Å²) < 4.78 is 10.5. The molecule has 0 aliphatic heterocycles. The minimum absolute atomic E-state index is 0.407. The van der Waals surface area contributed by atoms with E-state index in [4.69, 9.17) is 15.2 Å². The molecule has 1 fully saturated rings. The zero-order valence-electron chi connectivity index (χ0n) is 11.5. The molecule has 2 N–H and O–H groups in total. The second-order valence-electron chi connectivity index (χ2n) is 5.03. The molecule has 2 atom stereocenters. The van der Waals surface area contributed by atoms with Crippen LogP contribution in [0.2, 0.25) is 0 Å². The van der Waals surface area contributed by atoms with Gasteiger partial charge in [0.2, 0.25) is 0 Å². The van der Waals surface area contributed by atoms with Crippen molar-refractivity contribution in [3.05, 3.63) is 0 Å². The van der Waals surface area contributed by atoms with Crippen molar-refractivity contribution >= 4 is 0 Å². The molecule has 0 aromatic rings. The molecular formula is C13H28N2O2. The summed E-state index contributed by atoms with van der Waals surface area (Å²) in [7, 11) is 3.51. The normalized spacial score (nSPS) is 20.3. The average molecular weight is 244 g/mol. The van der Waals surface area contributed by atoms with Crippen LogP contribution in [0.4, 0.5) is 0 Å². The number of methoxy groups -OCH3 is 2. The summed E-state index contributed by atoms with van der Waals surface area (Å²) >= 11 is 0. The Balaban J connectivity index is 2.56. The van der Waals surface area contributed by atoms with E-state index in [9.17, 15) is 0 Å². The van der Waals surface area contributed by atoms with E-state index in [1.54, 1.807) is 14.2 Å². The summed E-state index contributed by atoms with van der Waals surface area (Å²) in [6.45, 7) is 5.41. The molecule has 0 bridgehead atoms. The van der Waals surface area contributed by atoms with Crippen LogP contribution in [0.3, 0.4) is 0 Å². The molecule has 0 saturated heterocycles. The molecule has 4 heteroatoms. The zero-order valence-corrected chi connectivity index (χ0v) is 11.5. The lowest BCUT2D eigenvalue weighted by Gasteiger charge is -2.43. The van der Waals surface area contributed by atoms with Gasteiger partial charge in [0.1, 0.15) is 0 Å². The summed E-state index contributed by atoms with van der Waals surface area (Å²) in [6.07, 6.45) is 4.01. The zero-order chi connectivity index (χ0) is 12.7. The molecule has 0 spiro atoms. The van der Waals surface area contributed by atoms with Gasteiger partial charge in [-0.15, -0.1) is 0 Å². The predicted molar refractivity (Wildman–Crippen MR) is 70.1 cm³/mol. The summed E-state index contributed by atoms with van der Waals surface area (Å²) in [4.78, 5) is 2.47. The van der Waals surface area contributed by atoms with Gasteiger partial charge in [0.15, 0.2) is 0 Å². The van der Waals surface area contributed by atoms with Gasteiger partial charge in [-0.3, -0.25) is 4.90 Å². The van der Waals surface area contributed by atoms with Gasteiger partial charge in [0, 0.05) is 39.4 Å². The molecule has 1 aliphatic carbocycles. The van der Waals surface area contributed by atoms with Gasteiger partial charge in [-0.2, -0.15) is 0 Å². The molecule has 0 aromatic carbocycles. The SMILES string of the molecule is COCCN(C(C)COC)C(CN)C1CCC1. The van der Waals surface area contributed by atoms with Gasteiger partial charge in [-0.1, -0.05) is 6.42 Å². The smallest absolute Gasteiger partial charge is 0.0615 e. The highest BCUT2D eigenvalue weighted by Gasteiger charge is 2.32. The molecule has 2 unspecified atom stereocenters. The van der Waals surface area contributed by atoms with Crippen molar-refractivity contribution in [3.63, 3.8) is 0 Å². The Labute approximate surface area is 105 Å². The van der Waals surface area contributed by atoms with Gasteiger partial charge in [-0.05, 0) is 25.7 Å². The lowest BCUT2D eigenvalue weighted by atomic mass is 9.78. The fourth-order valence-corrected chi connectivity index (χ4v) is 2.67. The first-order chi connectivity index (χ1) is 8.24. The van der Waals surface area contributed by atoms with E-state index in [-0.39, 0.29) is 0 Å². The van der Waals surface area contributed by atoms with Crippen molar-refractivity contribution in [2.24, 2.45) is 11.7 Å². The lowest BCUT2D eigenvalue weighted by molar-refractivity contribution is 0.0149. The fourth-order valence-electron chi connectivity index (χ4n) is 2.67. The molecule has 4 nitrogen and oxygen atoms in total. The second kappa shape index (κ2) is 8.03. The minimum Gasteiger partial charge on any atom is -0.383 e. The van der Waals surface area contributed by atoms with E-state index < -0.39 is 0 Å². The predicted octanol–water partition coefficient (Wildman–Crippen LogP) is 1.10. The second-order valence-corrected chi connectivity index (χ2v) is 5.03. The number of hydrogen-bond donors (Lipinski definition) is 1. The van der Waals surface area contributed by atoms with Crippen molar-refractivity contribution in [1.29, 1.82) is 0 Å². The van der Waals surface area contributed by atoms with Gasteiger partial charge in [0.05, 0.1) is 13.2 Å². The van der Waals surface area contributed by atoms with E-state index >= 15 is 0 Å². The molecule has 0 aromatic heterocycles. The highest BCUT2D eigenvalue weighted by atomic mass is 16.5. The minimum atomic E-state index is 0.407. The number of nitrogens with two attached hydrogens (primary N) is 1. The topological polar surface area (TPSA) is 47.7 Å². The molecular weight excluding hydrogens is 216 g/mol. The lowest BCUT2D eigenvalue weighted by Crippen LogP contribution is -2.53. The van der Waals surface area contributed by atoms with Crippen molar-refractivity contribution in [3.8, 4) is 0 Å². The quantitative estimate of drug-likeness (QED) is 0.660. The van der Waals surface area contributed by atoms with Crippen LogP contribution in [0.25, 0.3) is 0 Å². The van der Waals surface area contributed by atoms with Gasteiger partial charge in [-0.25, -0.2) is 0 Å². The van der Waals surface area contributed by atoms with Gasteiger partial charge in [0.25, 0.3) is 0 Å². The monoisotopic (exact) mass is 244 g/mol. The number of ether oxygens (including phenoxy) is 2. The maximum atomic E-state index is 5.97. The molecule has 1 aliphatic rings.